The molecule has 36 heavy (non-hydrogen) atoms. The van der Waals surface area contributed by atoms with Crippen LogP contribution in [0.5, 0.6) is 0 Å². The summed E-state index contributed by atoms with van der Waals surface area (Å²) in [7, 11) is 1.90. The molecule has 3 aromatic heterocycles. The molecule has 0 unspecified atom stereocenters. The first-order chi connectivity index (χ1) is 17.5. The van der Waals surface area contributed by atoms with Gasteiger partial charge in [-0.25, -0.2) is 4.39 Å². The summed E-state index contributed by atoms with van der Waals surface area (Å²) in [5, 5.41) is 26.7. The molecule has 7 heteroatoms. The summed E-state index contributed by atoms with van der Waals surface area (Å²) in [6.07, 6.45) is 10.4. The number of aryl methyl sites for hydroxylation is 1. The van der Waals surface area contributed by atoms with Crippen molar-refractivity contribution in [1.82, 2.24) is 19.3 Å². The highest BCUT2D eigenvalue weighted by molar-refractivity contribution is 6.02. The quantitative estimate of drug-likeness (QED) is 0.345. The van der Waals surface area contributed by atoms with Gasteiger partial charge >= 0.3 is 0 Å². The van der Waals surface area contributed by atoms with Gasteiger partial charge in [-0.2, -0.15) is 10.4 Å². The Balaban J connectivity index is 1.55. The summed E-state index contributed by atoms with van der Waals surface area (Å²) in [6, 6.07) is 14.7. The molecular weight excluding hydrogens is 453 g/mol. The van der Waals surface area contributed by atoms with E-state index in [0.29, 0.717) is 12.1 Å². The highest BCUT2D eigenvalue weighted by atomic mass is 19.1. The van der Waals surface area contributed by atoms with E-state index in [1.54, 1.807) is 6.07 Å². The van der Waals surface area contributed by atoms with E-state index in [2.05, 4.69) is 9.67 Å². The van der Waals surface area contributed by atoms with Gasteiger partial charge in [0, 0.05) is 35.1 Å². The van der Waals surface area contributed by atoms with E-state index in [1.807, 2.05) is 60.7 Å². The van der Waals surface area contributed by atoms with Gasteiger partial charge in [0.05, 0.1) is 46.8 Å². The predicted octanol–water partition coefficient (Wildman–Crippen LogP) is 5.96. The number of aliphatic hydroxyl groups is 1. The monoisotopic (exact) mass is 479 g/mol. The van der Waals surface area contributed by atoms with Gasteiger partial charge in [-0.15, -0.1) is 0 Å². The molecule has 0 radical (unpaired) electrons. The molecule has 1 N–H and O–H groups in total. The van der Waals surface area contributed by atoms with E-state index in [4.69, 9.17) is 4.98 Å². The largest absolute Gasteiger partial charge is 0.388 e. The van der Waals surface area contributed by atoms with Crippen LogP contribution in [-0.4, -0.2) is 30.0 Å². The number of halogens is 1. The number of hydrogen-bond acceptors (Lipinski definition) is 4. The Morgan fingerprint density at radius 2 is 1.83 bits per heavy atom. The van der Waals surface area contributed by atoms with Crippen molar-refractivity contribution >= 4 is 21.8 Å². The number of pyridine rings is 1. The Hall–Kier alpha value is -4.02. The molecule has 0 saturated heterocycles. The lowest BCUT2D eigenvalue weighted by atomic mass is 9.85. The first kappa shape index (κ1) is 22.4. The summed E-state index contributed by atoms with van der Waals surface area (Å²) >= 11 is 0. The zero-order chi connectivity index (χ0) is 24.9. The van der Waals surface area contributed by atoms with Crippen molar-refractivity contribution in [3.05, 3.63) is 72.4 Å². The van der Waals surface area contributed by atoms with Gasteiger partial charge in [0.15, 0.2) is 0 Å². The Morgan fingerprint density at radius 1 is 1.03 bits per heavy atom. The Kier molecular flexibility index (Phi) is 5.35. The van der Waals surface area contributed by atoms with E-state index in [9.17, 15) is 14.8 Å². The second-order valence-electron chi connectivity index (χ2n) is 9.86. The molecule has 1 fully saturated rings. The first-order valence-corrected chi connectivity index (χ1v) is 12.3. The van der Waals surface area contributed by atoms with Crippen LogP contribution in [0.15, 0.2) is 61.1 Å². The fraction of sp³-hybridized carbons (Fsp3) is 0.276. The van der Waals surface area contributed by atoms with E-state index in [1.165, 1.54) is 12.1 Å². The summed E-state index contributed by atoms with van der Waals surface area (Å²) in [5.74, 6) is -0.559. The fourth-order valence-corrected chi connectivity index (χ4v) is 5.56. The van der Waals surface area contributed by atoms with Crippen molar-refractivity contribution in [2.75, 3.05) is 0 Å². The van der Waals surface area contributed by atoms with Gasteiger partial charge in [-0.1, -0.05) is 31.4 Å². The molecule has 1 aliphatic rings. The van der Waals surface area contributed by atoms with E-state index < -0.39 is 11.4 Å². The van der Waals surface area contributed by atoms with Gasteiger partial charge in [-0.3, -0.25) is 9.67 Å². The number of hydrogen-bond donors (Lipinski definition) is 1. The highest BCUT2D eigenvalue weighted by Crippen LogP contribution is 2.39. The van der Waals surface area contributed by atoms with Crippen LogP contribution in [-0.2, 0) is 13.6 Å². The molecule has 1 saturated carbocycles. The lowest BCUT2D eigenvalue weighted by molar-refractivity contribution is -0.0104. The van der Waals surface area contributed by atoms with Crippen molar-refractivity contribution in [2.45, 2.75) is 44.2 Å². The lowest BCUT2D eigenvalue weighted by Crippen LogP contribution is -2.36. The standard InChI is InChI=1S/C29H26FN5O/c1-34-25-8-7-20(13-22(25)16-33-34)28-27(19-5-6-21(15-31)24(30)14-19)23-9-12-35(26(23)17-32-28)18-29(36)10-3-2-4-11-29/h5-9,12-14,16-17,36H,2-4,10-11,18H2,1H3. The maximum absolute atomic E-state index is 14.8. The third-order valence-electron chi connectivity index (χ3n) is 7.48. The Bertz CT molecular complexity index is 1650. The van der Waals surface area contributed by atoms with Crippen molar-refractivity contribution in [2.24, 2.45) is 7.05 Å². The van der Waals surface area contributed by atoms with Gasteiger partial charge in [0.25, 0.3) is 0 Å². The van der Waals surface area contributed by atoms with Crippen molar-refractivity contribution in [3.8, 4) is 28.5 Å². The van der Waals surface area contributed by atoms with Crippen LogP contribution >= 0.6 is 0 Å². The lowest BCUT2D eigenvalue weighted by Gasteiger charge is -2.32. The van der Waals surface area contributed by atoms with Crippen LogP contribution in [0.3, 0.4) is 0 Å². The summed E-state index contributed by atoms with van der Waals surface area (Å²) in [6.45, 7) is 0.500. The number of benzene rings is 2. The fourth-order valence-electron chi connectivity index (χ4n) is 5.56. The number of nitrogens with zero attached hydrogens (tertiary/aromatic N) is 5. The van der Waals surface area contributed by atoms with Gasteiger partial charge in [-0.05, 0) is 48.7 Å². The predicted molar refractivity (Wildman–Crippen MR) is 138 cm³/mol. The van der Waals surface area contributed by atoms with Crippen LogP contribution in [0.1, 0.15) is 37.7 Å². The van der Waals surface area contributed by atoms with Crippen LogP contribution in [0.4, 0.5) is 4.39 Å². The van der Waals surface area contributed by atoms with Crippen molar-refractivity contribution in [3.63, 3.8) is 0 Å². The third kappa shape index (κ3) is 3.75. The molecule has 3 heterocycles. The average Bonchev–Trinajstić information content (AvgIpc) is 3.46. The minimum absolute atomic E-state index is 0.00862. The van der Waals surface area contributed by atoms with E-state index in [0.717, 1.165) is 70.7 Å². The number of nitriles is 1. The maximum Gasteiger partial charge on any atom is 0.141 e. The minimum Gasteiger partial charge on any atom is -0.388 e. The van der Waals surface area contributed by atoms with Gasteiger partial charge in [0.1, 0.15) is 11.9 Å². The first-order valence-electron chi connectivity index (χ1n) is 12.3. The average molecular weight is 480 g/mol. The molecular formula is C29H26FN5O. The number of fused-ring (bicyclic) bond motifs is 2. The maximum atomic E-state index is 14.8. The summed E-state index contributed by atoms with van der Waals surface area (Å²) in [5.41, 5.74) is 4.26. The van der Waals surface area contributed by atoms with Gasteiger partial charge in [0.2, 0.25) is 0 Å². The normalized spacial score (nSPS) is 15.4. The molecule has 0 bridgehead atoms. The molecule has 6 rings (SSSR count). The molecule has 180 valence electrons. The minimum atomic E-state index is -0.727. The SMILES string of the molecule is Cn1ncc2cc(-c3ncc4c(ccn4CC4(O)CCCCC4)c3-c3ccc(C#N)c(F)c3)ccc21. The topological polar surface area (TPSA) is 79.7 Å². The van der Waals surface area contributed by atoms with E-state index in [-0.39, 0.29) is 5.56 Å². The van der Waals surface area contributed by atoms with Crippen LogP contribution < -0.4 is 0 Å². The Labute approximate surface area is 208 Å². The molecule has 5 aromatic rings. The summed E-state index contributed by atoms with van der Waals surface area (Å²) in [4.78, 5) is 4.87. The van der Waals surface area contributed by atoms with E-state index >= 15 is 0 Å². The molecule has 0 aliphatic heterocycles. The van der Waals surface area contributed by atoms with Crippen molar-refractivity contribution in [1.29, 1.82) is 5.26 Å². The molecule has 1 aliphatic carbocycles. The van der Waals surface area contributed by atoms with Crippen molar-refractivity contribution < 1.29 is 9.50 Å². The second-order valence-corrected chi connectivity index (χ2v) is 9.86. The number of aromatic nitrogens is 4. The van der Waals surface area contributed by atoms with Gasteiger partial charge < -0.3 is 9.67 Å². The highest BCUT2D eigenvalue weighted by Gasteiger charge is 2.30. The smallest absolute Gasteiger partial charge is 0.141 e. The second kappa shape index (κ2) is 8.58. The van der Waals surface area contributed by atoms with Crippen LogP contribution in [0.2, 0.25) is 0 Å². The van der Waals surface area contributed by atoms with Crippen LogP contribution in [0.25, 0.3) is 44.2 Å². The number of rotatable bonds is 4. The zero-order valence-corrected chi connectivity index (χ0v) is 20.1. The molecule has 2 aromatic carbocycles. The summed E-state index contributed by atoms with van der Waals surface area (Å²) < 4.78 is 18.6. The third-order valence-corrected chi connectivity index (χ3v) is 7.48. The zero-order valence-electron chi connectivity index (χ0n) is 20.1. The van der Waals surface area contributed by atoms with Crippen LogP contribution in [0, 0.1) is 17.1 Å². The molecule has 6 nitrogen and oxygen atoms in total. The molecule has 0 amide bonds. The molecule has 0 atom stereocenters. The Morgan fingerprint density at radius 3 is 2.61 bits per heavy atom. The molecule has 0 spiro atoms.